The van der Waals surface area contributed by atoms with Crippen molar-refractivity contribution < 1.29 is 24.1 Å². The maximum Gasteiger partial charge on any atom is 0.279 e. The Morgan fingerprint density at radius 1 is 1.10 bits per heavy atom. The Bertz CT molecular complexity index is 894. The molecule has 7 heteroatoms. The molecule has 1 heterocycles. The number of rotatable bonds is 8. The largest absolute Gasteiger partial charge is 0.497 e. The second-order valence-electron chi connectivity index (χ2n) is 8.39. The average molecular weight is 427 g/mol. The maximum absolute atomic E-state index is 12.7. The lowest BCUT2D eigenvalue weighted by molar-refractivity contribution is -0.917. The maximum atomic E-state index is 12.7. The molecule has 166 valence electrons. The number of likely N-dealkylation sites (N-methyl/N-ethyl adjacent to an activating group) is 1. The van der Waals surface area contributed by atoms with Gasteiger partial charge in [-0.2, -0.15) is 0 Å². The minimum absolute atomic E-state index is 0.112. The van der Waals surface area contributed by atoms with Gasteiger partial charge >= 0.3 is 0 Å². The standard InChI is InChI=1S/C24H32N4O3/c1-19-6-4-7-20(14-19)16-27-10-12-28(13-11-27)24(30)18-26(2)17-23(29)25-21-8-5-9-22(15-21)31-3/h4-9,14-15H,10-13,16-18H2,1-3H3,(H,25,29)/p+2. The van der Waals surface area contributed by atoms with E-state index in [9.17, 15) is 9.59 Å². The molecule has 0 aliphatic carbocycles. The third kappa shape index (κ3) is 7.08. The molecular formula is C24H34N4O3+2. The number of carbonyl (C=O) groups is 2. The summed E-state index contributed by atoms with van der Waals surface area (Å²) in [4.78, 5) is 29.3. The minimum Gasteiger partial charge on any atom is -0.497 e. The summed E-state index contributed by atoms with van der Waals surface area (Å²) in [5.41, 5.74) is 3.32. The van der Waals surface area contributed by atoms with Crippen LogP contribution in [-0.2, 0) is 16.1 Å². The number of amides is 2. The van der Waals surface area contributed by atoms with Gasteiger partial charge in [0.1, 0.15) is 12.3 Å². The van der Waals surface area contributed by atoms with Gasteiger partial charge in [0.25, 0.3) is 11.8 Å². The van der Waals surface area contributed by atoms with Crippen LogP contribution in [-0.4, -0.2) is 70.1 Å². The number of nitrogens with one attached hydrogen (secondary N) is 3. The first kappa shape index (κ1) is 22.8. The van der Waals surface area contributed by atoms with Crippen molar-refractivity contribution in [1.29, 1.82) is 0 Å². The normalized spacial score (nSPS) is 15.4. The highest BCUT2D eigenvalue weighted by molar-refractivity contribution is 5.91. The third-order valence-electron chi connectivity index (χ3n) is 5.63. The van der Waals surface area contributed by atoms with Gasteiger partial charge in [-0.1, -0.05) is 35.9 Å². The lowest BCUT2D eigenvalue weighted by Gasteiger charge is -2.32. The summed E-state index contributed by atoms with van der Waals surface area (Å²) in [7, 11) is 3.47. The summed E-state index contributed by atoms with van der Waals surface area (Å²) in [6.45, 7) is 7.11. The van der Waals surface area contributed by atoms with Crippen molar-refractivity contribution in [2.24, 2.45) is 0 Å². The van der Waals surface area contributed by atoms with Crippen LogP contribution in [0.4, 0.5) is 5.69 Å². The third-order valence-corrected chi connectivity index (χ3v) is 5.63. The predicted molar refractivity (Wildman–Crippen MR) is 120 cm³/mol. The molecule has 0 bridgehead atoms. The highest BCUT2D eigenvalue weighted by Crippen LogP contribution is 2.16. The number of hydrogen-bond acceptors (Lipinski definition) is 3. The number of carbonyl (C=O) groups excluding carboxylic acids is 2. The van der Waals surface area contributed by atoms with Gasteiger partial charge in [0.05, 0.1) is 40.3 Å². The molecule has 1 saturated heterocycles. The molecule has 1 unspecified atom stereocenters. The summed E-state index contributed by atoms with van der Waals surface area (Å²) < 4.78 is 5.17. The monoisotopic (exact) mass is 426 g/mol. The molecule has 1 atom stereocenters. The lowest BCUT2D eigenvalue weighted by Crippen LogP contribution is -3.14. The Hall–Kier alpha value is -2.90. The topological polar surface area (TPSA) is 67.5 Å². The van der Waals surface area contributed by atoms with Gasteiger partial charge in [0.2, 0.25) is 0 Å². The predicted octanol–water partition coefficient (Wildman–Crippen LogP) is -0.616. The zero-order chi connectivity index (χ0) is 22.2. The van der Waals surface area contributed by atoms with Crippen molar-refractivity contribution in [1.82, 2.24) is 4.90 Å². The number of piperazine rings is 1. The molecular weight excluding hydrogens is 392 g/mol. The van der Waals surface area contributed by atoms with E-state index in [1.54, 1.807) is 13.2 Å². The van der Waals surface area contributed by atoms with Crippen molar-refractivity contribution >= 4 is 17.5 Å². The second kappa shape index (κ2) is 10.9. The molecule has 2 aromatic rings. The number of ether oxygens (including phenoxy) is 1. The zero-order valence-corrected chi connectivity index (χ0v) is 18.7. The molecule has 2 aromatic carbocycles. The van der Waals surface area contributed by atoms with E-state index < -0.39 is 0 Å². The SMILES string of the molecule is COc1cccc(NC(=O)C[NH+](C)CC(=O)N2CC[NH+](Cc3cccc(C)c3)CC2)c1. The molecule has 2 amide bonds. The van der Waals surface area contributed by atoms with Crippen LogP contribution < -0.4 is 19.9 Å². The summed E-state index contributed by atoms with van der Waals surface area (Å²) in [6.07, 6.45) is 0. The van der Waals surface area contributed by atoms with Crippen molar-refractivity contribution in [2.45, 2.75) is 13.5 Å². The van der Waals surface area contributed by atoms with Gasteiger partial charge in [-0.05, 0) is 19.1 Å². The molecule has 3 rings (SSSR count). The average Bonchev–Trinajstić information content (AvgIpc) is 2.74. The summed E-state index contributed by atoms with van der Waals surface area (Å²) in [6, 6.07) is 15.9. The molecule has 0 radical (unpaired) electrons. The Morgan fingerprint density at radius 3 is 2.55 bits per heavy atom. The number of benzene rings is 2. The van der Waals surface area contributed by atoms with Crippen molar-refractivity contribution in [3.63, 3.8) is 0 Å². The van der Waals surface area contributed by atoms with E-state index in [0.717, 1.165) is 37.6 Å². The van der Waals surface area contributed by atoms with Gasteiger partial charge in [-0.15, -0.1) is 0 Å². The quantitative estimate of drug-likeness (QED) is 0.527. The highest BCUT2D eigenvalue weighted by atomic mass is 16.5. The molecule has 1 fully saturated rings. The molecule has 0 spiro atoms. The van der Waals surface area contributed by atoms with Crippen LogP contribution in [0.3, 0.4) is 0 Å². The second-order valence-corrected chi connectivity index (χ2v) is 8.39. The van der Waals surface area contributed by atoms with Crippen LogP contribution in [0, 0.1) is 6.92 Å². The van der Waals surface area contributed by atoms with Gasteiger partial charge < -0.3 is 24.8 Å². The van der Waals surface area contributed by atoms with Gasteiger partial charge in [-0.3, -0.25) is 9.59 Å². The number of nitrogens with zero attached hydrogens (tertiary/aromatic N) is 1. The van der Waals surface area contributed by atoms with Crippen LogP contribution in [0.5, 0.6) is 5.75 Å². The van der Waals surface area contributed by atoms with Gasteiger partial charge in [-0.25, -0.2) is 0 Å². The van der Waals surface area contributed by atoms with Crippen LogP contribution in [0.2, 0.25) is 0 Å². The Kier molecular flexibility index (Phi) is 8.03. The smallest absolute Gasteiger partial charge is 0.279 e. The molecule has 3 N–H and O–H groups in total. The zero-order valence-electron chi connectivity index (χ0n) is 18.7. The summed E-state index contributed by atoms with van der Waals surface area (Å²) in [5.74, 6) is 0.685. The van der Waals surface area contributed by atoms with Crippen molar-refractivity contribution in [3.05, 3.63) is 59.7 Å². The summed E-state index contributed by atoms with van der Waals surface area (Å²) in [5, 5.41) is 2.87. The van der Waals surface area contributed by atoms with Crippen LogP contribution in [0.15, 0.2) is 48.5 Å². The van der Waals surface area contributed by atoms with E-state index in [4.69, 9.17) is 4.74 Å². The first-order valence-corrected chi connectivity index (χ1v) is 10.8. The van der Waals surface area contributed by atoms with Crippen LogP contribution >= 0.6 is 0 Å². The Balaban J connectivity index is 1.40. The fourth-order valence-corrected chi connectivity index (χ4v) is 3.97. The van der Waals surface area contributed by atoms with E-state index in [-0.39, 0.29) is 18.4 Å². The van der Waals surface area contributed by atoms with E-state index >= 15 is 0 Å². The Labute approximate surface area is 184 Å². The van der Waals surface area contributed by atoms with Crippen LogP contribution in [0.1, 0.15) is 11.1 Å². The van der Waals surface area contributed by atoms with E-state index in [0.29, 0.717) is 18.0 Å². The molecule has 1 aliphatic heterocycles. The van der Waals surface area contributed by atoms with Gasteiger partial charge in [0, 0.05) is 17.3 Å². The van der Waals surface area contributed by atoms with E-state index in [1.807, 2.05) is 30.1 Å². The molecule has 1 aliphatic rings. The molecule has 0 saturated carbocycles. The number of aryl methyl sites for hydroxylation is 1. The number of hydrogen-bond donors (Lipinski definition) is 3. The molecule has 31 heavy (non-hydrogen) atoms. The summed E-state index contributed by atoms with van der Waals surface area (Å²) >= 11 is 0. The first-order valence-electron chi connectivity index (χ1n) is 10.8. The number of quaternary nitrogens is 2. The van der Waals surface area contributed by atoms with E-state index in [2.05, 4.69) is 36.5 Å². The number of anilines is 1. The highest BCUT2D eigenvalue weighted by Gasteiger charge is 2.26. The lowest BCUT2D eigenvalue weighted by atomic mass is 10.1. The minimum atomic E-state index is -0.119. The Morgan fingerprint density at radius 2 is 1.84 bits per heavy atom. The molecule has 0 aromatic heterocycles. The van der Waals surface area contributed by atoms with Crippen molar-refractivity contribution in [2.75, 3.05) is 58.7 Å². The van der Waals surface area contributed by atoms with E-state index in [1.165, 1.54) is 16.0 Å². The van der Waals surface area contributed by atoms with Crippen molar-refractivity contribution in [3.8, 4) is 5.75 Å². The van der Waals surface area contributed by atoms with Crippen LogP contribution in [0.25, 0.3) is 0 Å². The number of methoxy groups -OCH3 is 1. The van der Waals surface area contributed by atoms with Gasteiger partial charge in [0.15, 0.2) is 13.1 Å². The fourth-order valence-electron chi connectivity index (χ4n) is 3.97. The fraction of sp³-hybridized carbons (Fsp3) is 0.417. The molecule has 7 nitrogen and oxygen atoms in total. The first-order chi connectivity index (χ1) is 14.9.